The highest BCUT2D eigenvalue weighted by Crippen LogP contribution is 2.33. The van der Waals surface area contributed by atoms with E-state index in [1.165, 1.54) is 32.3 Å². The molecule has 1 atom stereocenters. The van der Waals surface area contributed by atoms with Crippen molar-refractivity contribution >= 4 is 40.6 Å². The van der Waals surface area contributed by atoms with E-state index in [2.05, 4.69) is 65.2 Å². The SMILES string of the molecule is CO[P+](=O)[O-].c1cc2ccc3cccc4ccc(c1)c2c34. The Morgan fingerprint density at radius 1 is 0.762 bits per heavy atom. The average Bonchev–Trinajstić information content (AvgIpc) is 2.53. The van der Waals surface area contributed by atoms with Crippen molar-refractivity contribution in [1.82, 2.24) is 0 Å². The second kappa shape index (κ2) is 5.74. The van der Waals surface area contributed by atoms with Crippen molar-refractivity contribution in [2.45, 2.75) is 0 Å². The fourth-order valence-corrected chi connectivity index (χ4v) is 2.67. The minimum absolute atomic E-state index is 1.10. The Kier molecular flexibility index (Phi) is 3.80. The lowest BCUT2D eigenvalue weighted by Crippen LogP contribution is -1.84. The molecule has 0 aliphatic carbocycles. The number of benzene rings is 4. The standard InChI is InChI=1S/C16H10.CH3O3P/c1-3-11-7-9-13-5-2-6-14-10-8-12(4-1)15(11)16(13)14;1-4-5(2)3/h1-10H;1H3. The van der Waals surface area contributed by atoms with Gasteiger partial charge in [-0.1, -0.05) is 60.7 Å². The largest absolute Gasteiger partial charge is 0.566 e. The maximum absolute atomic E-state index is 9.18. The molecule has 0 heterocycles. The summed E-state index contributed by atoms with van der Waals surface area (Å²) in [7, 11) is -1.50. The summed E-state index contributed by atoms with van der Waals surface area (Å²) < 4.78 is 12.9. The third-order valence-electron chi connectivity index (χ3n) is 3.54. The van der Waals surface area contributed by atoms with Crippen LogP contribution < -0.4 is 4.89 Å². The summed E-state index contributed by atoms with van der Waals surface area (Å²) in [5.41, 5.74) is 0. The molecule has 21 heavy (non-hydrogen) atoms. The minimum atomic E-state index is -2.60. The predicted molar refractivity (Wildman–Crippen MR) is 84.8 cm³/mol. The van der Waals surface area contributed by atoms with E-state index in [1.807, 2.05) is 0 Å². The fraction of sp³-hybridized carbons (Fsp3) is 0.0588. The van der Waals surface area contributed by atoms with E-state index < -0.39 is 8.25 Å². The molecule has 3 nitrogen and oxygen atoms in total. The first kappa shape index (κ1) is 13.9. The van der Waals surface area contributed by atoms with Crippen LogP contribution in [0.4, 0.5) is 0 Å². The molecule has 4 heteroatoms. The maximum atomic E-state index is 9.18. The molecule has 0 radical (unpaired) electrons. The molecule has 4 rings (SSSR count). The Hall–Kier alpha value is -2.06. The predicted octanol–water partition coefficient (Wildman–Crippen LogP) is 4.23. The topological polar surface area (TPSA) is 49.4 Å². The molecule has 0 N–H and O–H groups in total. The molecule has 4 aromatic carbocycles. The van der Waals surface area contributed by atoms with Gasteiger partial charge < -0.3 is 4.89 Å². The highest BCUT2D eigenvalue weighted by Gasteiger charge is 2.05. The van der Waals surface area contributed by atoms with Crippen LogP contribution in [0.2, 0.25) is 0 Å². The first-order valence-electron chi connectivity index (χ1n) is 6.52. The molecule has 0 bridgehead atoms. The summed E-state index contributed by atoms with van der Waals surface area (Å²) in [5.74, 6) is 0. The Bertz CT molecular complexity index is 788. The molecule has 0 aromatic heterocycles. The Morgan fingerprint density at radius 3 is 1.29 bits per heavy atom. The van der Waals surface area contributed by atoms with Crippen LogP contribution >= 0.6 is 8.25 Å². The molecule has 4 aromatic rings. The smallest absolute Gasteiger partial charge is 0.488 e. The van der Waals surface area contributed by atoms with E-state index in [4.69, 9.17) is 0 Å². The Labute approximate surface area is 123 Å². The monoisotopic (exact) mass is 296 g/mol. The van der Waals surface area contributed by atoms with E-state index in [0.717, 1.165) is 7.11 Å². The van der Waals surface area contributed by atoms with Crippen molar-refractivity contribution in [2.24, 2.45) is 0 Å². The van der Waals surface area contributed by atoms with E-state index in [0.29, 0.717) is 0 Å². The zero-order chi connectivity index (χ0) is 14.8. The summed E-state index contributed by atoms with van der Waals surface area (Å²) in [5, 5.41) is 8.14. The van der Waals surface area contributed by atoms with Crippen molar-refractivity contribution in [2.75, 3.05) is 7.11 Å². The van der Waals surface area contributed by atoms with E-state index in [1.54, 1.807) is 0 Å². The molecule has 1 unspecified atom stereocenters. The van der Waals surface area contributed by atoms with Gasteiger partial charge in [0.1, 0.15) is 0 Å². The Balaban J connectivity index is 0.000000233. The summed E-state index contributed by atoms with van der Waals surface area (Å²) in [6, 6.07) is 21.9. The fourth-order valence-electron chi connectivity index (χ4n) is 2.67. The van der Waals surface area contributed by atoms with Crippen LogP contribution in [0.5, 0.6) is 0 Å². The van der Waals surface area contributed by atoms with Gasteiger partial charge in [-0.25, -0.2) is 0 Å². The Morgan fingerprint density at radius 2 is 1.05 bits per heavy atom. The van der Waals surface area contributed by atoms with E-state index in [-0.39, 0.29) is 0 Å². The van der Waals surface area contributed by atoms with Crippen LogP contribution in [0.25, 0.3) is 32.3 Å². The lowest BCUT2D eigenvalue weighted by Gasteiger charge is -2.09. The maximum Gasteiger partial charge on any atom is 0.488 e. The summed E-state index contributed by atoms with van der Waals surface area (Å²) in [4.78, 5) is 9.18. The van der Waals surface area contributed by atoms with Crippen molar-refractivity contribution in [3.05, 3.63) is 60.7 Å². The van der Waals surface area contributed by atoms with Crippen molar-refractivity contribution in [1.29, 1.82) is 0 Å². The molecule has 0 fully saturated rings. The lowest BCUT2D eigenvalue weighted by atomic mass is 9.95. The quantitative estimate of drug-likeness (QED) is 0.390. The van der Waals surface area contributed by atoms with Gasteiger partial charge in [-0.05, 0) is 36.9 Å². The van der Waals surface area contributed by atoms with Crippen LogP contribution in [0.3, 0.4) is 0 Å². The van der Waals surface area contributed by atoms with Crippen LogP contribution in [0, 0.1) is 0 Å². The minimum Gasteiger partial charge on any atom is -0.566 e. The normalized spacial score (nSPS) is 11.6. The summed E-state index contributed by atoms with van der Waals surface area (Å²) in [6.07, 6.45) is 0. The first-order chi connectivity index (χ1) is 10.2. The highest BCUT2D eigenvalue weighted by molar-refractivity contribution is 7.30. The van der Waals surface area contributed by atoms with Crippen LogP contribution in [0.1, 0.15) is 0 Å². The lowest BCUT2D eigenvalue weighted by molar-refractivity contribution is -0.183. The van der Waals surface area contributed by atoms with E-state index >= 15 is 0 Å². The summed E-state index contributed by atoms with van der Waals surface area (Å²) in [6.45, 7) is 0. The molecular formula is C17H13O3P. The molecule has 104 valence electrons. The van der Waals surface area contributed by atoms with Crippen LogP contribution in [0.15, 0.2) is 60.7 Å². The number of hydrogen-bond donors (Lipinski definition) is 0. The van der Waals surface area contributed by atoms with Crippen molar-refractivity contribution in [3.8, 4) is 0 Å². The molecular weight excluding hydrogens is 283 g/mol. The third kappa shape index (κ3) is 2.59. The zero-order valence-electron chi connectivity index (χ0n) is 11.4. The van der Waals surface area contributed by atoms with Gasteiger partial charge in [0.25, 0.3) is 0 Å². The molecule has 0 spiro atoms. The molecule has 0 saturated carbocycles. The van der Waals surface area contributed by atoms with Gasteiger partial charge >= 0.3 is 8.25 Å². The molecule has 0 saturated heterocycles. The molecule has 0 aliphatic heterocycles. The van der Waals surface area contributed by atoms with Gasteiger partial charge in [0.2, 0.25) is 0 Å². The van der Waals surface area contributed by atoms with Gasteiger partial charge in [-0.3, -0.25) is 0 Å². The summed E-state index contributed by atoms with van der Waals surface area (Å²) >= 11 is 0. The van der Waals surface area contributed by atoms with E-state index in [9.17, 15) is 9.46 Å². The molecule has 0 aliphatic rings. The number of hydrogen-bond acceptors (Lipinski definition) is 3. The van der Waals surface area contributed by atoms with Gasteiger partial charge in [0, 0.05) is 0 Å². The van der Waals surface area contributed by atoms with Gasteiger partial charge in [0.15, 0.2) is 0 Å². The second-order valence-corrected chi connectivity index (χ2v) is 5.51. The van der Waals surface area contributed by atoms with Crippen LogP contribution in [-0.4, -0.2) is 7.11 Å². The molecule has 0 amide bonds. The van der Waals surface area contributed by atoms with Gasteiger partial charge in [0.05, 0.1) is 7.11 Å². The average molecular weight is 296 g/mol. The van der Waals surface area contributed by atoms with Gasteiger partial charge in [-0.15, -0.1) is 0 Å². The zero-order valence-corrected chi connectivity index (χ0v) is 12.3. The first-order valence-corrected chi connectivity index (χ1v) is 7.61. The third-order valence-corrected chi connectivity index (χ3v) is 3.84. The van der Waals surface area contributed by atoms with Gasteiger partial charge in [-0.2, -0.15) is 4.52 Å². The highest BCUT2D eigenvalue weighted by atomic mass is 31.1. The second-order valence-electron chi connectivity index (χ2n) is 4.70. The van der Waals surface area contributed by atoms with Crippen LogP contribution in [-0.2, 0) is 9.09 Å². The van der Waals surface area contributed by atoms with Crippen molar-refractivity contribution in [3.63, 3.8) is 0 Å². The van der Waals surface area contributed by atoms with Crippen molar-refractivity contribution < 1.29 is 14.0 Å². The number of rotatable bonds is 1.